The topological polar surface area (TPSA) is 74.6 Å². The Morgan fingerprint density at radius 3 is 2.42 bits per heavy atom. The molecule has 4 aliphatic rings. The molecule has 0 aromatic carbocycles. The van der Waals surface area contributed by atoms with Crippen molar-refractivity contribution in [1.82, 2.24) is 0 Å². The largest absolute Gasteiger partial charge is 0.481 e. The van der Waals surface area contributed by atoms with E-state index in [-0.39, 0.29) is 33.5 Å². The lowest BCUT2D eigenvalue weighted by Gasteiger charge is -2.59. The number of carboxylic acids is 1. The number of carbonyl (C=O) groups excluding carboxylic acids is 1. The van der Waals surface area contributed by atoms with E-state index in [0.29, 0.717) is 31.0 Å². The van der Waals surface area contributed by atoms with Crippen molar-refractivity contribution in [3.05, 3.63) is 35.5 Å². The van der Waals surface area contributed by atoms with Gasteiger partial charge in [-0.25, -0.2) is 0 Å². The molecule has 0 amide bonds. The number of allylic oxidation sites excluding steroid dienone is 5. The normalized spacial score (nSPS) is 40.0. The molecule has 0 aromatic heterocycles. The average Bonchev–Trinajstić information content (AvgIpc) is 2.99. The van der Waals surface area contributed by atoms with Crippen molar-refractivity contribution in [3.63, 3.8) is 0 Å². The maximum atomic E-state index is 12.8. The zero-order valence-corrected chi connectivity index (χ0v) is 23.6. The summed E-state index contributed by atoms with van der Waals surface area (Å²) in [4.78, 5) is 25.4. The molecule has 4 nitrogen and oxygen atoms in total. The van der Waals surface area contributed by atoms with Gasteiger partial charge in [-0.2, -0.15) is 0 Å². The van der Waals surface area contributed by atoms with Crippen molar-refractivity contribution in [2.24, 2.45) is 45.3 Å². The molecule has 0 radical (unpaired) electrons. The van der Waals surface area contributed by atoms with Gasteiger partial charge < -0.3 is 10.2 Å². The summed E-state index contributed by atoms with van der Waals surface area (Å²) in [5, 5.41) is 21.8. The van der Waals surface area contributed by atoms with Crippen molar-refractivity contribution in [2.45, 2.75) is 106 Å². The van der Waals surface area contributed by atoms with Crippen LogP contribution in [0.5, 0.6) is 0 Å². The Hall–Kier alpha value is -1.68. The minimum atomic E-state index is -0.786. The van der Waals surface area contributed by atoms with E-state index in [9.17, 15) is 19.8 Å². The maximum Gasteiger partial charge on any atom is 0.306 e. The Kier molecular flexibility index (Phi) is 6.81. The molecule has 200 valence electrons. The molecule has 2 N–H and O–H groups in total. The van der Waals surface area contributed by atoms with Gasteiger partial charge in [0.05, 0.1) is 12.0 Å². The summed E-state index contributed by atoms with van der Waals surface area (Å²) in [6.07, 6.45) is 10.0. The van der Waals surface area contributed by atoms with Crippen LogP contribution in [0, 0.1) is 45.3 Å². The molecule has 0 aliphatic heterocycles. The molecule has 7 unspecified atom stereocenters. The third-order valence-corrected chi connectivity index (χ3v) is 11.6. The summed E-state index contributed by atoms with van der Waals surface area (Å²) in [7, 11) is 0. The number of ketones is 1. The third kappa shape index (κ3) is 3.80. The molecule has 4 aliphatic carbocycles. The van der Waals surface area contributed by atoms with Gasteiger partial charge in [0.25, 0.3) is 0 Å². The second-order valence-electron chi connectivity index (χ2n) is 14.0. The molecule has 0 saturated heterocycles. The number of carbonyl (C=O) groups is 2. The Bertz CT molecular complexity index is 1020. The number of fused-ring (bicyclic) bond motifs is 5. The van der Waals surface area contributed by atoms with Crippen LogP contribution in [-0.2, 0) is 9.59 Å². The molecule has 2 saturated carbocycles. The highest BCUT2D eigenvalue weighted by molar-refractivity contribution is 5.86. The van der Waals surface area contributed by atoms with Crippen LogP contribution in [0.4, 0.5) is 0 Å². The van der Waals surface area contributed by atoms with Crippen LogP contribution < -0.4 is 0 Å². The molecular weight excluding hydrogens is 448 g/mol. The van der Waals surface area contributed by atoms with Gasteiger partial charge in [-0.1, -0.05) is 72.8 Å². The molecule has 4 rings (SSSR count). The maximum absolute atomic E-state index is 12.8. The number of aliphatic hydroxyl groups excluding tert-OH is 1. The Labute approximate surface area is 218 Å². The van der Waals surface area contributed by atoms with Crippen molar-refractivity contribution in [3.8, 4) is 0 Å². The van der Waals surface area contributed by atoms with Crippen LogP contribution in [0.1, 0.15) is 99.8 Å². The van der Waals surface area contributed by atoms with Crippen LogP contribution in [0.2, 0.25) is 0 Å². The molecule has 0 bridgehead atoms. The van der Waals surface area contributed by atoms with E-state index >= 15 is 0 Å². The number of rotatable bonds is 7. The molecule has 0 spiro atoms. The standard InChI is InChI=1S/C32H48O4/c1-19(2)20(3)10-9-11-21(28(35)36)27-24(33)18-32(8)23-12-13-25-29(4,5)26(34)15-16-30(25,6)22(23)14-17-31(27,32)7/h12,14,19,21,24-25,27,33H,3,9-11,13,15-18H2,1-2,4-8H3,(H,35,36). The lowest BCUT2D eigenvalue weighted by Crippen LogP contribution is -2.53. The van der Waals surface area contributed by atoms with E-state index in [1.54, 1.807) is 0 Å². The number of carboxylic acid groups (broad SMARTS) is 1. The van der Waals surface area contributed by atoms with Gasteiger partial charge in [-0.3, -0.25) is 9.59 Å². The minimum Gasteiger partial charge on any atom is -0.481 e. The highest BCUT2D eigenvalue weighted by Crippen LogP contribution is 2.71. The van der Waals surface area contributed by atoms with Gasteiger partial charge in [-0.15, -0.1) is 0 Å². The van der Waals surface area contributed by atoms with Gasteiger partial charge >= 0.3 is 5.97 Å². The Balaban J connectivity index is 1.68. The fraction of sp³-hybridized carbons (Fsp3) is 0.750. The summed E-state index contributed by atoms with van der Waals surface area (Å²) in [5.41, 5.74) is 2.84. The number of hydrogen-bond donors (Lipinski definition) is 2. The quantitative estimate of drug-likeness (QED) is 0.368. The highest BCUT2D eigenvalue weighted by atomic mass is 16.4. The van der Waals surface area contributed by atoms with E-state index in [0.717, 1.165) is 37.7 Å². The van der Waals surface area contributed by atoms with Gasteiger partial charge in [0.1, 0.15) is 5.78 Å². The van der Waals surface area contributed by atoms with Gasteiger partial charge in [0, 0.05) is 23.2 Å². The number of aliphatic carboxylic acids is 1. The smallest absolute Gasteiger partial charge is 0.306 e. The summed E-state index contributed by atoms with van der Waals surface area (Å²) < 4.78 is 0. The van der Waals surface area contributed by atoms with E-state index in [2.05, 4.69) is 67.2 Å². The van der Waals surface area contributed by atoms with Crippen molar-refractivity contribution in [1.29, 1.82) is 0 Å². The first-order valence-electron chi connectivity index (χ1n) is 14.1. The van der Waals surface area contributed by atoms with Crippen LogP contribution in [0.25, 0.3) is 0 Å². The van der Waals surface area contributed by atoms with E-state index < -0.39 is 18.0 Å². The van der Waals surface area contributed by atoms with Crippen molar-refractivity contribution < 1.29 is 19.8 Å². The molecule has 36 heavy (non-hydrogen) atoms. The van der Waals surface area contributed by atoms with Gasteiger partial charge in [-0.05, 0) is 78.8 Å². The second-order valence-corrected chi connectivity index (χ2v) is 14.0. The van der Waals surface area contributed by atoms with Gasteiger partial charge in [0.2, 0.25) is 0 Å². The molecule has 2 fully saturated rings. The third-order valence-electron chi connectivity index (χ3n) is 11.6. The number of hydrogen-bond acceptors (Lipinski definition) is 3. The first-order valence-corrected chi connectivity index (χ1v) is 14.1. The van der Waals surface area contributed by atoms with Crippen LogP contribution in [-0.4, -0.2) is 28.1 Å². The molecular formula is C32H48O4. The highest BCUT2D eigenvalue weighted by Gasteiger charge is 2.66. The second kappa shape index (κ2) is 8.96. The summed E-state index contributed by atoms with van der Waals surface area (Å²) in [6, 6.07) is 0. The predicted molar refractivity (Wildman–Crippen MR) is 144 cm³/mol. The number of aliphatic hydroxyl groups is 1. The molecule has 0 aromatic rings. The van der Waals surface area contributed by atoms with Crippen LogP contribution >= 0.6 is 0 Å². The Morgan fingerprint density at radius 1 is 1.14 bits per heavy atom. The van der Waals surface area contributed by atoms with E-state index in [1.165, 1.54) is 11.1 Å². The zero-order valence-electron chi connectivity index (χ0n) is 23.6. The monoisotopic (exact) mass is 496 g/mol. The van der Waals surface area contributed by atoms with E-state index in [4.69, 9.17) is 0 Å². The predicted octanol–water partition coefficient (Wildman–Crippen LogP) is 7.13. The Morgan fingerprint density at radius 2 is 1.81 bits per heavy atom. The van der Waals surface area contributed by atoms with E-state index in [1.807, 2.05) is 0 Å². The fourth-order valence-electron chi connectivity index (χ4n) is 8.93. The molecule has 4 heteroatoms. The lowest BCUT2D eigenvalue weighted by molar-refractivity contribution is -0.148. The van der Waals surface area contributed by atoms with Crippen LogP contribution in [0.3, 0.4) is 0 Å². The van der Waals surface area contributed by atoms with Crippen LogP contribution in [0.15, 0.2) is 35.5 Å². The van der Waals surface area contributed by atoms with Crippen molar-refractivity contribution in [2.75, 3.05) is 0 Å². The first kappa shape index (κ1) is 27.4. The summed E-state index contributed by atoms with van der Waals surface area (Å²) in [6.45, 7) is 19.5. The summed E-state index contributed by atoms with van der Waals surface area (Å²) >= 11 is 0. The fourth-order valence-corrected chi connectivity index (χ4v) is 8.93. The first-order chi connectivity index (χ1) is 16.6. The van der Waals surface area contributed by atoms with Crippen molar-refractivity contribution >= 4 is 11.8 Å². The lowest BCUT2D eigenvalue weighted by atomic mass is 9.44. The summed E-state index contributed by atoms with van der Waals surface area (Å²) in [5.74, 6) is -0.600. The SMILES string of the molecule is C=C(CCCC(C(=O)O)C1C(O)CC2(C)C3=CCC4C(C)(C)C(=O)CCC4(C)C3=CCC12C)C(C)C. The minimum absolute atomic E-state index is 0.0573. The average molecular weight is 497 g/mol. The molecule has 7 atom stereocenters. The number of Topliss-reactive ketones (excluding diaryl/α,β-unsaturated/α-hetero) is 1. The van der Waals surface area contributed by atoms with Gasteiger partial charge in [0.15, 0.2) is 0 Å². The molecule has 0 heterocycles. The zero-order chi connectivity index (χ0) is 26.8.